The number of rotatable bonds is 19. The summed E-state index contributed by atoms with van der Waals surface area (Å²) in [5.74, 6) is -3.78. The van der Waals surface area contributed by atoms with E-state index in [2.05, 4.69) is 15.6 Å². The van der Waals surface area contributed by atoms with Crippen LogP contribution < -0.4 is 10.6 Å². The highest BCUT2D eigenvalue weighted by Crippen LogP contribution is 2.21. The summed E-state index contributed by atoms with van der Waals surface area (Å²) < 4.78 is 20.8. The summed E-state index contributed by atoms with van der Waals surface area (Å²) in [5.41, 5.74) is -0.793. The second kappa shape index (κ2) is 18.1. The van der Waals surface area contributed by atoms with Crippen molar-refractivity contribution in [2.24, 2.45) is 5.92 Å². The number of benzene rings is 1. The van der Waals surface area contributed by atoms with Crippen LogP contribution in [0.3, 0.4) is 0 Å². The van der Waals surface area contributed by atoms with Crippen molar-refractivity contribution in [3.8, 4) is 0 Å². The Kier molecular flexibility index (Phi) is 15.3. The lowest BCUT2D eigenvalue weighted by atomic mass is 9.91. The molecule has 0 saturated heterocycles. The summed E-state index contributed by atoms with van der Waals surface area (Å²) in [6.45, 7) is 2.67. The molecule has 236 valence electrons. The van der Waals surface area contributed by atoms with E-state index < -0.39 is 53.0 Å². The number of thiazole rings is 1. The summed E-state index contributed by atoms with van der Waals surface area (Å²) >= 11 is 3.13. The summed E-state index contributed by atoms with van der Waals surface area (Å²) in [6, 6.07) is 6.93. The minimum absolute atomic E-state index is 0.111. The Hall–Kier alpha value is -2.79. The molecular weight excluding hydrogens is 693 g/mol. The fraction of sp³-hybridized carbons (Fsp3) is 0.517. The smallest absolute Gasteiger partial charge is 0.333 e. The molecule has 0 aliphatic carbocycles. The molecule has 0 bridgehead atoms. The van der Waals surface area contributed by atoms with Crippen LogP contribution in [0.25, 0.3) is 0 Å². The van der Waals surface area contributed by atoms with Crippen molar-refractivity contribution in [2.45, 2.75) is 44.4 Å². The van der Waals surface area contributed by atoms with Gasteiger partial charge in [0.05, 0.1) is 36.4 Å². The Morgan fingerprint density at radius 1 is 0.977 bits per heavy atom. The molecule has 4 atom stereocenters. The van der Waals surface area contributed by atoms with Gasteiger partial charge in [0, 0.05) is 32.2 Å². The molecule has 1 aromatic carbocycles. The fourth-order valence-electron chi connectivity index (χ4n) is 4.15. The molecule has 0 saturated carbocycles. The van der Waals surface area contributed by atoms with Gasteiger partial charge in [-0.2, -0.15) is 0 Å². The monoisotopic (exact) mass is 731 g/mol. The van der Waals surface area contributed by atoms with Crippen molar-refractivity contribution in [2.75, 3.05) is 45.6 Å². The van der Waals surface area contributed by atoms with Gasteiger partial charge >= 0.3 is 5.97 Å². The molecular formula is C29H38IN3O9S. The fourth-order valence-corrected chi connectivity index (χ4v) is 5.36. The number of hydrogen-bond acceptors (Lipinski definition) is 11. The molecule has 0 fully saturated rings. The highest BCUT2D eigenvalue weighted by atomic mass is 127. The van der Waals surface area contributed by atoms with Crippen molar-refractivity contribution in [3.63, 3.8) is 0 Å². The quantitative estimate of drug-likeness (QED) is 0.125. The largest absolute Gasteiger partial charge is 0.449 e. The maximum Gasteiger partial charge on any atom is 0.333 e. The third kappa shape index (κ3) is 11.3. The van der Waals surface area contributed by atoms with Crippen molar-refractivity contribution in [3.05, 3.63) is 52.0 Å². The molecule has 0 radical (unpaired) electrons. The van der Waals surface area contributed by atoms with Crippen LogP contribution in [-0.2, 0) is 44.5 Å². The third-order valence-corrected chi connectivity index (χ3v) is 8.72. The minimum Gasteiger partial charge on any atom is -0.449 e. The van der Waals surface area contributed by atoms with Gasteiger partial charge in [0.1, 0.15) is 17.5 Å². The summed E-state index contributed by atoms with van der Waals surface area (Å²) in [5, 5.41) is 6.12. The first-order valence-electron chi connectivity index (χ1n) is 13.4. The first-order valence-corrected chi connectivity index (χ1v) is 15.7. The van der Waals surface area contributed by atoms with E-state index in [9.17, 15) is 24.0 Å². The maximum atomic E-state index is 13.8. The van der Waals surface area contributed by atoms with Crippen LogP contribution in [0.2, 0.25) is 0 Å². The van der Waals surface area contributed by atoms with Gasteiger partial charge in [-0.25, -0.2) is 9.78 Å². The molecule has 1 aromatic heterocycles. The number of carbonyl (C=O) groups is 5. The van der Waals surface area contributed by atoms with E-state index in [-0.39, 0.29) is 37.1 Å². The van der Waals surface area contributed by atoms with Crippen LogP contribution in [0, 0.1) is 12.8 Å². The van der Waals surface area contributed by atoms with Crippen LogP contribution in [0.15, 0.2) is 36.5 Å². The van der Waals surface area contributed by atoms with Crippen LogP contribution in [-0.4, -0.2) is 97.6 Å². The van der Waals surface area contributed by atoms with E-state index in [1.54, 1.807) is 19.1 Å². The molecule has 12 nitrogen and oxygen atoms in total. The number of esters is 1. The van der Waals surface area contributed by atoms with Gasteiger partial charge in [0.2, 0.25) is 5.91 Å². The summed E-state index contributed by atoms with van der Waals surface area (Å²) in [4.78, 5) is 70.1. The molecule has 2 aromatic rings. The average molecular weight is 732 g/mol. The Balaban J connectivity index is 2.27. The van der Waals surface area contributed by atoms with Gasteiger partial charge in [-0.15, -0.1) is 11.3 Å². The number of hydrogen-bond donors (Lipinski definition) is 2. The molecule has 0 aliphatic heterocycles. The number of aromatic nitrogens is 1. The molecule has 2 N–H and O–H groups in total. The number of Topliss-reactive ketones (excluding diaryl/α,β-unsaturated/α-hetero) is 2. The molecule has 43 heavy (non-hydrogen) atoms. The predicted octanol–water partition coefficient (Wildman–Crippen LogP) is 2.10. The van der Waals surface area contributed by atoms with Crippen LogP contribution in [0.4, 0.5) is 0 Å². The normalized spacial score (nSPS) is 14.6. The molecule has 0 unspecified atom stereocenters. The zero-order chi connectivity index (χ0) is 32.0. The van der Waals surface area contributed by atoms with Gasteiger partial charge in [-0.3, -0.25) is 19.2 Å². The zero-order valence-corrected chi connectivity index (χ0v) is 27.8. The number of ether oxygens (including phenoxy) is 4. The van der Waals surface area contributed by atoms with E-state index in [0.717, 1.165) is 5.56 Å². The molecule has 2 rings (SSSR count). The molecule has 2 amide bonds. The van der Waals surface area contributed by atoms with E-state index in [4.69, 9.17) is 18.9 Å². The maximum absolute atomic E-state index is 13.8. The second-order valence-corrected chi connectivity index (χ2v) is 11.9. The van der Waals surface area contributed by atoms with E-state index >= 15 is 0 Å². The highest BCUT2D eigenvalue weighted by molar-refractivity contribution is 14.1. The minimum atomic E-state index is -1.56. The van der Waals surface area contributed by atoms with Crippen molar-refractivity contribution < 1.29 is 42.9 Å². The van der Waals surface area contributed by atoms with Crippen LogP contribution in [0.5, 0.6) is 0 Å². The Morgan fingerprint density at radius 2 is 1.65 bits per heavy atom. The average Bonchev–Trinajstić information content (AvgIpc) is 3.42. The Morgan fingerprint density at radius 3 is 2.21 bits per heavy atom. The zero-order valence-electron chi connectivity index (χ0n) is 24.8. The van der Waals surface area contributed by atoms with Crippen molar-refractivity contribution >= 4 is 63.3 Å². The Bertz CT molecular complexity index is 1240. The molecule has 0 spiro atoms. The number of ketones is 2. The van der Waals surface area contributed by atoms with E-state index in [1.807, 2.05) is 40.8 Å². The SMILES string of the molecule is COCC(=O)O[C@](C)(CI)C(=O)[C@H](Cc1ccccc1)NC(=O)[C@H](COC)CC(=O)[C@H](COC)NC(=O)c1cnc(C)s1. The predicted molar refractivity (Wildman–Crippen MR) is 167 cm³/mol. The number of aryl methyl sites for hydroxylation is 1. The van der Waals surface area contributed by atoms with Crippen molar-refractivity contribution in [1.29, 1.82) is 0 Å². The first-order chi connectivity index (χ1) is 20.5. The standard InChI is InChI=1S/C29H38IN3O9S/c1-18-31-13-24(43-18)28(38)33-22(15-40-4)23(34)12-20(14-39-3)27(37)32-21(11-19-9-7-6-8-10-19)26(36)29(2,17-30)42-25(35)16-41-5/h6-10,13,20-22H,11-12,14-17H2,1-5H3,(H,32,37)(H,33,38)/t20-,21-,22-,29+/m0/s1. The van der Waals surface area contributed by atoms with E-state index in [1.165, 1.54) is 45.8 Å². The molecule has 14 heteroatoms. The number of alkyl halides is 1. The van der Waals surface area contributed by atoms with Crippen LogP contribution in [0.1, 0.15) is 33.6 Å². The van der Waals surface area contributed by atoms with Gasteiger partial charge in [0.15, 0.2) is 17.2 Å². The number of carbonyl (C=O) groups excluding carboxylic acids is 5. The summed E-state index contributed by atoms with van der Waals surface area (Å²) in [6.07, 6.45) is 1.24. The number of nitrogens with one attached hydrogen (secondary N) is 2. The number of nitrogens with zero attached hydrogens (tertiary/aromatic N) is 1. The highest BCUT2D eigenvalue weighted by Gasteiger charge is 2.42. The van der Waals surface area contributed by atoms with Gasteiger partial charge < -0.3 is 29.6 Å². The lowest BCUT2D eigenvalue weighted by Crippen LogP contribution is -2.56. The van der Waals surface area contributed by atoms with Gasteiger partial charge in [0.25, 0.3) is 5.91 Å². The number of methoxy groups -OCH3 is 3. The number of amides is 2. The third-order valence-electron chi connectivity index (χ3n) is 6.35. The first kappa shape index (κ1) is 36.4. The second-order valence-electron chi connectivity index (χ2n) is 9.93. The lowest BCUT2D eigenvalue weighted by Gasteiger charge is -2.31. The Labute approximate surface area is 268 Å². The van der Waals surface area contributed by atoms with E-state index in [0.29, 0.717) is 9.88 Å². The van der Waals surface area contributed by atoms with Gasteiger partial charge in [-0.1, -0.05) is 52.9 Å². The van der Waals surface area contributed by atoms with Crippen molar-refractivity contribution in [1.82, 2.24) is 15.6 Å². The molecule has 1 heterocycles. The molecule has 0 aliphatic rings. The van der Waals surface area contributed by atoms with Gasteiger partial charge in [-0.05, 0) is 25.8 Å². The number of halogens is 1. The topological polar surface area (TPSA) is 159 Å². The summed E-state index contributed by atoms with van der Waals surface area (Å²) in [7, 11) is 4.12. The van der Waals surface area contributed by atoms with Crippen LogP contribution >= 0.6 is 33.9 Å². The lowest BCUT2D eigenvalue weighted by molar-refractivity contribution is -0.167.